The first kappa shape index (κ1) is 30.1. The first-order valence-electron chi connectivity index (χ1n) is 13.4. The third-order valence-corrected chi connectivity index (χ3v) is 9.16. The van der Waals surface area contributed by atoms with Crippen LogP contribution in [0.15, 0.2) is 84.9 Å². The predicted molar refractivity (Wildman–Crippen MR) is 154 cm³/mol. The molecule has 0 saturated carbocycles. The van der Waals surface area contributed by atoms with Gasteiger partial charge in [0.1, 0.15) is 11.6 Å². The Bertz CT molecular complexity index is 1400. The van der Waals surface area contributed by atoms with Gasteiger partial charge in [0.05, 0.1) is 10.8 Å². The van der Waals surface area contributed by atoms with Crippen LogP contribution in [0.25, 0.3) is 0 Å². The quantitative estimate of drug-likeness (QED) is 0.233. The van der Waals surface area contributed by atoms with E-state index < -0.39 is 23.6 Å². The van der Waals surface area contributed by atoms with Crippen molar-refractivity contribution < 1.29 is 33.4 Å². The lowest BCUT2D eigenvalue weighted by Gasteiger charge is -2.39. The molecule has 2 N–H and O–H groups in total. The Balaban J connectivity index is 0.000000426. The smallest absolute Gasteiger partial charge is 0.328 e. The van der Waals surface area contributed by atoms with Gasteiger partial charge in [0.2, 0.25) is 0 Å². The minimum atomic E-state index is -1.26. The second-order valence-electron chi connectivity index (χ2n) is 9.99. The van der Waals surface area contributed by atoms with Gasteiger partial charge >= 0.3 is 11.9 Å². The molecule has 0 amide bonds. The van der Waals surface area contributed by atoms with Gasteiger partial charge in [0, 0.05) is 29.4 Å². The second-order valence-corrected chi connectivity index (χ2v) is 11.5. The Morgan fingerprint density at radius 3 is 2.17 bits per heavy atom. The van der Waals surface area contributed by atoms with Crippen LogP contribution in [0.1, 0.15) is 58.0 Å². The van der Waals surface area contributed by atoms with Gasteiger partial charge < -0.3 is 15.1 Å². The first-order valence-corrected chi connectivity index (χ1v) is 14.2. The summed E-state index contributed by atoms with van der Waals surface area (Å²) in [4.78, 5) is 33.9. The molecule has 9 heteroatoms. The topological polar surface area (TPSA) is 94.9 Å². The highest BCUT2D eigenvalue weighted by molar-refractivity contribution is 8.01. The minimum Gasteiger partial charge on any atom is -0.478 e. The molecule has 0 aromatic heterocycles. The number of nitrogens with zero attached hydrogens (tertiary/aromatic N) is 1. The van der Waals surface area contributed by atoms with Crippen molar-refractivity contribution >= 4 is 29.5 Å². The molecule has 5 rings (SSSR count). The normalized spacial score (nSPS) is 17.6. The summed E-state index contributed by atoms with van der Waals surface area (Å²) in [6.45, 7) is 2.79. The highest BCUT2D eigenvalue weighted by Gasteiger charge is 2.46. The molecular weight excluding hydrogens is 548 g/mol. The average molecular weight is 580 g/mol. The predicted octanol–water partition coefficient (Wildman–Crippen LogP) is 6.47. The molecule has 2 aliphatic rings. The largest absolute Gasteiger partial charge is 0.478 e. The molecule has 0 aliphatic carbocycles. The number of carbonyl (C=O) groups is 3. The number of hydrogen-bond acceptors (Lipinski definition) is 5. The van der Waals surface area contributed by atoms with Crippen LogP contribution in [0.5, 0.6) is 0 Å². The van der Waals surface area contributed by atoms with Crippen LogP contribution < -0.4 is 0 Å². The SMILES string of the molecule is O=C(CCCN1CCC2(CC1)SC(c1ccccc1)c1ccccc12)c1ccc(F)cc1F.O=C(O)/C=C\C(=O)O. The van der Waals surface area contributed by atoms with Crippen LogP contribution >= 0.6 is 11.8 Å². The molecular formula is C32H31F2NO5S. The molecule has 1 atom stereocenters. The van der Waals surface area contributed by atoms with E-state index in [4.69, 9.17) is 10.2 Å². The van der Waals surface area contributed by atoms with E-state index in [1.54, 1.807) is 0 Å². The molecule has 2 heterocycles. The number of ketones is 1. The Labute approximate surface area is 241 Å². The van der Waals surface area contributed by atoms with Crippen molar-refractivity contribution in [3.63, 3.8) is 0 Å². The summed E-state index contributed by atoms with van der Waals surface area (Å²) in [5, 5.41) is 16.0. The molecule has 1 spiro atoms. The molecule has 1 fully saturated rings. The lowest BCUT2D eigenvalue weighted by atomic mass is 9.84. The van der Waals surface area contributed by atoms with Gasteiger partial charge in [0.15, 0.2) is 5.78 Å². The van der Waals surface area contributed by atoms with Gasteiger partial charge in [-0.15, -0.1) is 11.8 Å². The zero-order chi connectivity index (χ0) is 29.4. The van der Waals surface area contributed by atoms with E-state index in [-0.39, 0.29) is 22.5 Å². The lowest BCUT2D eigenvalue weighted by Crippen LogP contribution is -2.40. The van der Waals surface area contributed by atoms with Crippen LogP contribution in [-0.2, 0) is 14.3 Å². The summed E-state index contributed by atoms with van der Waals surface area (Å²) in [5.74, 6) is -4.20. The summed E-state index contributed by atoms with van der Waals surface area (Å²) < 4.78 is 27.1. The zero-order valence-electron chi connectivity index (χ0n) is 22.3. The molecule has 214 valence electrons. The van der Waals surface area contributed by atoms with E-state index >= 15 is 0 Å². The highest BCUT2D eigenvalue weighted by Crippen LogP contribution is 2.61. The van der Waals surface area contributed by atoms with Gasteiger partial charge in [0.25, 0.3) is 0 Å². The molecule has 3 aromatic rings. The standard InChI is InChI=1S/C28H27F2NOS.C4H4O4/c29-21-12-13-23(25(30)19-21)26(32)11-6-16-31-17-14-28(15-18-31)24-10-5-4-9-22(24)27(33-28)20-7-2-1-3-8-20;5-3(6)1-2-4(7)8/h1-5,7-10,12-13,19,27H,6,11,14-18H2;1-2H,(H,5,6)(H,7,8)/b;2-1-. The number of carboxylic acid groups (broad SMARTS) is 2. The molecule has 1 unspecified atom stereocenters. The van der Waals surface area contributed by atoms with Gasteiger partial charge in [-0.3, -0.25) is 4.79 Å². The minimum absolute atomic E-state index is 0.0140. The van der Waals surface area contributed by atoms with E-state index in [0.717, 1.165) is 44.6 Å². The number of rotatable bonds is 8. The second kappa shape index (κ2) is 13.7. The Hall–Kier alpha value is -3.82. The van der Waals surface area contributed by atoms with Crippen molar-refractivity contribution in [1.82, 2.24) is 4.90 Å². The van der Waals surface area contributed by atoms with Crippen molar-refractivity contribution in [3.8, 4) is 0 Å². The van der Waals surface area contributed by atoms with Crippen molar-refractivity contribution in [3.05, 3.63) is 119 Å². The number of halogens is 2. The molecule has 3 aromatic carbocycles. The van der Waals surface area contributed by atoms with Gasteiger partial charge in [-0.1, -0.05) is 54.6 Å². The zero-order valence-corrected chi connectivity index (χ0v) is 23.2. The molecule has 6 nitrogen and oxygen atoms in total. The number of benzene rings is 3. The summed E-state index contributed by atoms with van der Waals surface area (Å²) >= 11 is 2.09. The number of likely N-dealkylation sites (tertiary alicyclic amines) is 1. The Morgan fingerprint density at radius 1 is 0.902 bits per heavy atom. The fraction of sp³-hybridized carbons (Fsp3) is 0.281. The molecule has 1 saturated heterocycles. The van der Waals surface area contributed by atoms with E-state index in [0.29, 0.717) is 23.8 Å². The monoisotopic (exact) mass is 579 g/mol. The lowest BCUT2D eigenvalue weighted by molar-refractivity contribution is -0.134. The summed E-state index contributed by atoms with van der Waals surface area (Å²) in [5.41, 5.74) is 4.26. The maximum atomic E-state index is 13.9. The number of aliphatic carboxylic acids is 2. The van der Waals surface area contributed by atoms with Crippen LogP contribution in [0.4, 0.5) is 8.78 Å². The molecule has 0 radical (unpaired) electrons. The average Bonchev–Trinajstić information content (AvgIpc) is 3.28. The maximum absolute atomic E-state index is 13.9. The molecule has 2 aliphatic heterocycles. The maximum Gasteiger partial charge on any atom is 0.328 e. The highest BCUT2D eigenvalue weighted by atomic mass is 32.2. The van der Waals surface area contributed by atoms with E-state index in [1.165, 1.54) is 22.8 Å². The van der Waals surface area contributed by atoms with Gasteiger partial charge in [-0.05, 0) is 67.7 Å². The van der Waals surface area contributed by atoms with E-state index in [9.17, 15) is 23.2 Å². The van der Waals surface area contributed by atoms with Crippen molar-refractivity contribution in [1.29, 1.82) is 0 Å². The third kappa shape index (κ3) is 7.68. The summed E-state index contributed by atoms with van der Waals surface area (Å²) in [6, 6.07) is 22.8. The number of piperidine rings is 1. The number of Topliss-reactive ketones (excluding diaryl/α,β-unsaturated/α-hetero) is 1. The molecule has 0 bridgehead atoms. The number of thioether (sulfide) groups is 1. The third-order valence-electron chi connectivity index (χ3n) is 7.32. The van der Waals surface area contributed by atoms with Gasteiger partial charge in [-0.25, -0.2) is 18.4 Å². The fourth-order valence-electron chi connectivity index (χ4n) is 5.35. The number of carboxylic acids is 2. The van der Waals surface area contributed by atoms with Crippen molar-refractivity contribution in [2.24, 2.45) is 0 Å². The summed E-state index contributed by atoms with van der Waals surface area (Å²) in [7, 11) is 0. The van der Waals surface area contributed by atoms with Crippen LogP contribution in [-0.4, -0.2) is 52.5 Å². The Kier molecular flexibility index (Phi) is 10.1. The fourth-order valence-corrected chi connectivity index (χ4v) is 7.16. The van der Waals surface area contributed by atoms with Crippen molar-refractivity contribution in [2.75, 3.05) is 19.6 Å². The number of carbonyl (C=O) groups excluding carboxylic acids is 1. The van der Waals surface area contributed by atoms with Gasteiger partial charge in [-0.2, -0.15) is 0 Å². The van der Waals surface area contributed by atoms with E-state index in [2.05, 4.69) is 71.3 Å². The van der Waals surface area contributed by atoms with Crippen LogP contribution in [0.2, 0.25) is 0 Å². The number of fused-ring (bicyclic) bond motifs is 2. The first-order chi connectivity index (χ1) is 19.7. The summed E-state index contributed by atoms with van der Waals surface area (Å²) in [6.07, 6.45) is 4.23. The van der Waals surface area contributed by atoms with Crippen LogP contribution in [0.3, 0.4) is 0 Å². The Morgan fingerprint density at radius 2 is 1.54 bits per heavy atom. The number of hydrogen-bond donors (Lipinski definition) is 2. The van der Waals surface area contributed by atoms with Crippen LogP contribution in [0, 0.1) is 11.6 Å². The molecule has 41 heavy (non-hydrogen) atoms. The van der Waals surface area contributed by atoms with Crippen molar-refractivity contribution in [2.45, 2.75) is 35.7 Å². The van der Waals surface area contributed by atoms with E-state index in [1.807, 2.05) is 0 Å².